The van der Waals surface area contributed by atoms with Crippen LogP contribution in [-0.4, -0.2) is 32.7 Å². The normalized spacial score (nSPS) is 14.5. The first kappa shape index (κ1) is 16.8. The third kappa shape index (κ3) is 3.34. The van der Waals surface area contributed by atoms with Crippen molar-refractivity contribution < 1.29 is 8.42 Å². The van der Waals surface area contributed by atoms with Crippen molar-refractivity contribution in [2.24, 2.45) is 5.92 Å². The van der Waals surface area contributed by atoms with Crippen LogP contribution in [0.15, 0.2) is 47.9 Å². The van der Waals surface area contributed by atoms with Crippen LogP contribution >= 0.6 is 0 Å². The largest absolute Gasteiger partial charge is 0.333 e. The molecule has 0 atom stereocenters. The lowest BCUT2D eigenvalue weighted by Gasteiger charge is -2.07. The molecule has 0 aliphatic heterocycles. The summed E-state index contributed by atoms with van der Waals surface area (Å²) in [6, 6.07) is 9.23. The minimum Gasteiger partial charge on any atom is -0.333 e. The predicted octanol–water partition coefficient (Wildman–Crippen LogP) is 2.24. The Bertz CT molecular complexity index is 1010. The Morgan fingerprint density at radius 2 is 2.00 bits per heavy atom. The number of nitrogens with zero attached hydrogens (tertiary/aromatic N) is 5. The van der Waals surface area contributed by atoms with Gasteiger partial charge in [-0.2, -0.15) is 23.2 Å². The maximum Gasteiger partial charge on any atom is 0.283 e. The highest BCUT2D eigenvalue weighted by atomic mass is 32.2. The number of aromatic nitrogens is 5. The SMILES string of the molecule is CCc1nc(S(=O)(=O)Nc2ncnn2-c2ccccc2)cn1CC1CC1. The molecule has 0 spiro atoms. The van der Waals surface area contributed by atoms with Gasteiger partial charge >= 0.3 is 0 Å². The Hall–Kier alpha value is -2.68. The van der Waals surface area contributed by atoms with E-state index in [1.54, 1.807) is 6.20 Å². The van der Waals surface area contributed by atoms with Crippen molar-refractivity contribution in [1.82, 2.24) is 24.3 Å². The highest BCUT2D eigenvalue weighted by Gasteiger charge is 2.26. The van der Waals surface area contributed by atoms with E-state index in [1.165, 1.54) is 23.9 Å². The Balaban J connectivity index is 1.62. The van der Waals surface area contributed by atoms with Crippen LogP contribution in [0.4, 0.5) is 5.95 Å². The van der Waals surface area contributed by atoms with E-state index in [2.05, 4.69) is 19.8 Å². The molecule has 1 N–H and O–H groups in total. The maximum absolute atomic E-state index is 12.8. The maximum atomic E-state index is 12.8. The highest BCUT2D eigenvalue weighted by Crippen LogP contribution is 2.31. The van der Waals surface area contributed by atoms with Gasteiger partial charge in [-0.15, -0.1) is 0 Å². The van der Waals surface area contributed by atoms with E-state index in [9.17, 15) is 8.42 Å². The minimum absolute atomic E-state index is 0.0117. The average Bonchev–Trinajstić information content (AvgIpc) is 3.16. The van der Waals surface area contributed by atoms with Crippen molar-refractivity contribution >= 4 is 16.0 Å². The van der Waals surface area contributed by atoms with Crippen molar-refractivity contribution in [2.45, 2.75) is 37.8 Å². The second-order valence-electron chi connectivity index (χ2n) is 6.38. The molecule has 0 saturated heterocycles. The number of rotatable bonds is 7. The van der Waals surface area contributed by atoms with Gasteiger partial charge in [0.15, 0.2) is 5.03 Å². The molecule has 1 aliphatic rings. The van der Waals surface area contributed by atoms with Crippen molar-refractivity contribution in [3.8, 4) is 5.69 Å². The van der Waals surface area contributed by atoms with Gasteiger partial charge in [-0.05, 0) is 30.9 Å². The van der Waals surface area contributed by atoms with Crippen LogP contribution in [0.25, 0.3) is 5.69 Å². The van der Waals surface area contributed by atoms with E-state index in [1.807, 2.05) is 41.8 Å². The number of sulfonamides is 1. The summed E-state index contributed by atoms with van der Waals surface area (Å²) in [6.45, 7) is 2.80. The number of aryl methyl sites for hydroxylation is 1. The molecule has 8 nitrogen and oxygen atoms in total. The van der Waals surface area contributed by atoms with Gasteiger partial charge in [-0.1, -0.05) is 25.1 Å². The van der Waals surface area contributed by atoms with E-state index in [4.69, 9.17) is 0 Å². The van der Waals surface area contributed by atoms with Gasteiger partial charge in [-0.25, -0.2) is 9.71 Å². The van der Waals surface area contributed by atoms with Gasteiger partial charge in [0.25, 0.3) is 10.0 Å². The van der Waals surface area contributed by atoms with Crippen LogP contribution in [0.5, 0.6) is 0 Å². The smallest absolute Gasteiger partial charge is 0.283 e. The molecule has 2 aromatic heterocycles. The van der Waals surface area contributed by atoms with E-state index >= 15 is 0 Å². The van der Waals surface area contributed by atoms with E-state index in [0.717, 1.165) is 18.1 Å². The second-order valence-corrected chi connectivity index (χ2v) is 8.01. The third-order valence-corrected chi connectivity index (χ3v) is 5.55. The molecule has 1 aliphatic carbocycles. The Kier molecular flexibility index (Phi) is 4.23. The Morgan fingerprint density at radius 1 is 1.23 bits per heavy atom. The minimum atomic E-state index is -3.85. The second kappa shape index (κ2) is 6.56. The number of hydrogen-bond donors (Lipinski definition) is 1. The molecular weight excluding hydrogens is 352 g/mol. The number of imidazole rings is 1. The molecule has 0 radical (unpaired) electrons. The molecule has 1 aromatic carbocycles. The van der Waals surface area contributed by atoms with Gasteiger partial charge < -0.3 is 4.57 Å². The summed E-state index contributed by atoms with van der Waals surface area (Å²) >= 11 is 0. The van der Waals surface area contributed by atoms with Crippen molar-refractivity contribution in [3.63, 3.8) is 0 Å². The number of para-hydroxylation sites is 1. The van der Waals surface area contributed by atoms with E-state index in [-0.39, 0.29) is 11.0 Å². The summed E-state index contributed by atoms with van der Waals surface area (Å²) in [4.78, 5) is 8.36. The van der Waals surface area contributed by atoms with Gasteiger partial charge in [-0.3, -0.25) is 0 Å². The standard InChI is InChI=1S/C17H20N6O2S/c1-2-15-20-16(11-22(15)10-13-8-9-13)26(24,25)21-17-18-12-19-23(17)14-6-4-3-5-7-14/h3-7,11-13H,2,8-10H2,1H3,(H,18,19,21). The van der Waals surface area contributed by atoms with Crippen molar-refractivity contribution in [1.29, 1.82) is 0 Å². The summed E-state index contributed by atoms with van der Waals surface area (Å²) in [5, 5.41) is 4.12. The van der Waals surface area contributed by atoms with Crippen LogP contribution in [0.2, 0.25) is 0 Å². The molecule has 26 heavy (non-hydrogen) atoms. The van der Waals surface area contributed by atoms with Crippen LogP contribution in [-0.2, 0) is 23.0 Å². The highest BCUT2D eigenvalue weighted by molar-refractivity contribution is 7.92. The van der Waals surface area contributed by atoms with Crippen molar-refractivity contribution in [3.05, 3.63) is 48.7 Å². The Labute approximate surface area is 152 Å². The third-order valence-electron chi connectivity index (χ3n) is 4.35. The lowest BCUT2D eigenvalue weighted by molar-refractivity contribution is 0.594. The Morgan fingerprint density at radius 3 is 2.69 bits per heavy atom. The van der Waals surface area contributed by atoms with Gasteiger partial charge in [0.2, 0.25) is 5.95 Å². The molecule has 4 rings (SSSR count). The summed E-state index contributed by atoms with van der Waals surface area (Å²) in [6.07, 6.45) is 6.00. The zero-order chi connectivity index (χ0) is 18.1. The van der Waals surface area contributed by atoms with Crippen LogP contribution in [0.3, 0.4) is 0 Å². The molecule has 1 fully saturated rings. The van der Waals surface area contributed by atoms with Crippen LogP contribution < -0.4 is 4.72 Å². The molecule has 0 bridgehead atoms. The van der Waals surface area contributed by atoms with Gasteiger partial charge in [0, 0.05) is 19.2 Å². The molecule has 136 valence electrons. The zero-order valence-corrected chi connectivity index (χ0v) is 15.2. The fraction of sp³-hybridized carbons (Fsp3) is 0.353. The summed E-state index contributed by atoms with van der Waals surface area (Å²) < 4.78 is 31.5. The zero-order valence-electron chi connectivity index (χ0n) is 14.4. The lowest BCUT2D eigenvalue weighted by Crippen LogP contribution is -2.17. The molecule has 3 aromatic rings. The number of anilines is 1. The lowest BCUT2D eigenvalue weighted by atomic mass is 10.3. The van der Waals surface area contributed by atoms with Gasteiger partial charge in [0.05, 0.1) is 5.69 Å². The number of benzene rings is 1. The first-order valence-electron chi connectivity index (χ1n) is 8.61. The molecule has 2 heterocycles. The van der Waals surface area contributed by atoms with Gasteiger partial charge in [0.1, 0.15) is 12.2 Å². The predicted molar refractivity (Wildman–Crippen MR) is 96.5 cm³/mol. The fourth-order valence-corrected chi connectivity index (χ4v) is 3.79. The van der Waals surface area contributed by atoms with E-state index in [0.29, 0.717) is 12.3 Å². The molecule has 1 saturated carbocycles. The molecular formula is C17H20N6O2S. The van der Waals surface area contributed by atoms with Crippen LogP contribution in [0, 0.1) is 5.92 Å². The quantitative estimate of drug-likeness (QED) is 0.686. The summed E-state index contributed by atoms with van der Waals surface area (Å²) in [5.74, 6) is 1.55. The average molecular weight is 372 g/mol. The molecule has 0 amide bonds. The van der Waals surface area contributed by atoms with Crippen molar-refractivity contribution in [2.75, 3.05) is 4.72 Å². The monoisotopic (exact) mass is 372 g/mol. The number of nitrogens with one attached hydrogen (secondary N) is 1. The topological polar surface area (TPSA) is 94.7 Å². The van der Waals surface area contributed by atoms with E-state index < -0.39 is 10.0 Å². The first-order chi connectivity index (χ1) is 12.6. The van der Waals surface area contributed by atoms with Crippen LogP contribution in [0.1, 0.15) is 25.6 Å². The fourth-order valence-electron chi connectivity index (χ4n) is 2.82. The summed E-state index contributed by atoms with van der Waals surface area (Å²) in [7, 11) is -3.85. The molecule has 9 heteroatoms. The summed E-state index contributed by atoms with van der Waals surface area (Å²) in [5.41, 5.74) is 0.719. The molecule has 0 unspecified atom stereocenters. The first-order valence-corrected chi connectivity index (χ1v) is 10.1. The number of hydrogen-bond acceptors (Lipinski definition) is 5.